The topological polar surface area (TPSA) is 223 Å². The van der Waals surface area contributed by atoms with E-state index in [9.17, 15) is 29.1 Å². The smallest absolute Gasteiger partial charge is 0.248 e. The number of para-hydroxylation sites is 1. The lowest BCUT2D eigenvalue weighted by atomic mass is 9.85. The number of likely N-dealkylation sites (tertiary alicyclic amines) is 1. The number of likely N-dealkylation sites (N-methyl/N-ethyl adjacent to an activating group) is 4. The molecule has 0 aliphatic carbocycles. The molecule has 6 aromatic rings. The summed E-state index contributed by atoms with van der Waals surface area (Å²) in [6, 6.07) is 19.8. The van der Waals surface area contributed by atoms with Crippen LogP contribution in [0.3, 0.4) is 0 Å². The molecule has 444 valence electrons. The molecule has 1 aliphatic rings. The maximum absolute atomic E-state index is 14.1. The number of anilines is 4. The van der Waals surface area contributed by atoms with E-state index >= 15 is 0 Å². The molecule has 1 saturated heterocycles. The molecule has 21 heteroatoms. The Morgan fingerprint density at radius 1 is 0.904 bits per heavy atom. The van der Waals surface area contributed by atoms with Gasteiger partial charge in [0.2, 0.25) is 35.5 Å². The van der Waals surface area contributed by atoms with Crippen LogP contribution >= 0.6 is 11.3 Å². The Hall–Kier alpha value is -7.72. The number of nitrogens with one attached hydrogen (secondary N) is 4. The van der Waals surface area contributed by atoms with E-state index in [0.717, 1.165) is 56.1 Å². The Kier molecular flexibility index (Phi) is 22.0. The number of unbranched alkanes of at least 4 members (excludes halogenated alkanes) is 2. The van der Waals surface area contributed by atoms with E-state index in [1.54, 1.807) is 42.7 Å². The van der Waals surface area contributed by atoms with Crippen molar-refractivity contribution in [2.45, 2.75) is 91.0 Å². The number of amides is 5. The average Bonchev–Trinajstić information content (AvgIpc) is 4.28. The van der Waals surface area contributed by atoms with Crippen LogP contribution < -0.4 is 30.9 Å². The van der Waals surface area contributed by atoms with Crippen molar-refractivity contribution in [3.63, 3.8) is 0 Å². The first-order valence-corrected chi connectivity index (χ1v) is 29.2. The summed E-state index contributed by atoms with van der Waals surface area (Å²) >= 11 is 1.57. The first-order valence-electron chi connectivity index (χ1n) is 28.3. The molecule has 0 spiro atoms. The van der Waals surface area contributed by atoms with Crippen molar-refractivity contribution in [1.82, 2.24) is 49.8 Å². The fourth-order valence-corrected chi connectivity index (χ4v) is 10.8. The zero-order valence-electron chi connectivity index (χ0n) is 50.0. The average molecular weight is 1150 g/mol. The zero-order chi connectivity index (χ0) is 60.0. The van der Waals surface area contributed by atoms with Gasteiger partial charge in [-0.15, -0.1) is 11.3 Å². The van der Waals surface area contributed by atoms with Gasteiger partial charge in [-0.05, 0) is 75.6 Å². The van der Waals surface area contributed by atoms with Crippen molar-refractivity contribution in [2.75, 3.05) is 97.2 Å². The van der Waals surface area contributed by atoms with Crippen LogP contribution in [0, 0.1) is 12.3 Å². The lowest BCUT2D eigenvalue weighted by Gasteiger charge is -2.35. The highest BCUT2D eigenvalue weighted by molar-refractivity contribution is 7.13. The number of carbonyl (C=O) groups excluding carboxylic acids is 5. The number of thiazole rings is 1. The standard InChI is InChI=1S/C62H83N13O7S/c1-41-57(83-40-65-41)43-25-23-42(24-26-43)37-64-59(80)52-34-44(76)38-75(52)60(81)58(62(2,3)4)69-55(78)20-13-12-14-22-56(79)73(9)33-31-71(7)29-17-21-54(77)66-48-35-49(53(82-11)36-51(48)72(8)32-30-70(5)6)68-61-63-28-27-47(67-61)46-39-74(10)50-19-16-15-18-45(46)50/h15-19,21,23-28,35-36,39-40,44,52,58,76H,12-14,20,22,29-34,37-38H2,1-11H3,(H,64,80)(H,66,77)(H,69,78)(H,63,67,68). The molecule has 3 aromatic heterocycles. The van der Waals surface area contributed by atoms with Crippen LogP contribution in [0.25, 0.3) is 32.6 Å². The maximum Gasteiger partial charge on any atom is 0.248 e. The second-order valence-electron chi connectivity index (χ2n) is 22.8. The van der Waals surface area contributed by atoms with Crippen LogP contribution in [0.2, 0.25) is 0 Å². The highest BCUT2D eigenvalue weighted by Gasteiger charge is 2.44. The van der Waals surface area contributed by atoms with Crippen molar-refractivity contribution < 1.29 is 33.8 Å². The number of fused-ring (bicyclic) bond motifs is 1. The molecular weight excluding hydrogens is 1070 g/mol. The quantitative estimate of drug-likeness (QED) is 0.0250. The van der Waals surface area contributed by atoms with Gasteiger partial charge >= 0.3 is 0 Å². The van der Waals surface area contributed by atoms with E-state index in [1.165, 1.54) is 11.0 Å². The molecule has 20 nitrogen and oxygen atoms in total. The number of carbonyl (C=O) groups is 5. The highest BCUT2D eigenvalue weighted by Crippen LogP contribution is 2.39. The number of β-amino-alcohol motifs (C(OH)–C–C–N with tert-alkyl or cyclic N) is 1. The number of hydrogen-bond donors (Lipinski definition) is 5. The molecule has 7 rings (SSSR count). The van der Waals surface area contributed by atoms with Gasteiger partial charge in [0.1, 0.15) is 17.8 Å². The molecule has 4 heterocycles. The van der Waals surface area contributed by atoms with E-state index in [2.05, 4.69) is 63.9 Å². The van der Waals surface area contributed by atoms with Gasteiger partial charge in [-0.3, -0.25) is 24.0 Å². The van der Waals surface area contributed by atoms with Crippen LogP contribution in [0.15, 0.2) is 96.8 Å². The molecule has 3 atom stereocenters. The van der Waals surface area contributed by atoms with Crippen LogP contribution in [0.1, 0.15) is 70.6 Å². The van der Waals surface area contributed by atoms with Crippen molar-refractivity contribution in [2.24, 2.45) is 12.5 Å². The van der Waals surface area contributed by atoms with E-state index < -0.39 is 29.5 Å². The molecule has 0 saturated carbocycles. The van der Waals surface area contributed by atoms with Crippen molar-refractivity contribution in [3.05, 3.63) is 108 Å². The summed E-state index contributed by atoms with van der Waals surface area (Å²) in [6.45, 7) is 10.8. The number of benzene rings is 3. The van der Waals surface area contributed by atoms with Gasteiger partial charge < -0.3 is 60.2 Å². The van der Waals surface area contributed by atoms with Gasteiger partial charge in [0.05, 0.1) is 52.1 Å². The molecule has 83 heavy (non-hydrogen) atoms. The Balaban J connectivity index is 0.842. The normalized spacial score (nSPS) is 14.8. The Morgan fingerprint density at radius 2 is 1.65 bits per heavy atom. The second-order valence-corrected chi connectivity index (χ2v) is 23.7. The number of ether oxygens (including phenoxy) is 1. The Morgan fingerprint density at radius 3 is 2.36 bits per heavy atom. The molecule has 5 amide bonds. The van der Waals surface area contributed by atoms with Crippen LogP contribution in [-0.2, 0) is 37.6 Å². The van der Waals surface area contributed by atoms with Gasteiger partial charge in [0, 0.05) is 127 Å². The lowest BCUT2D eigenvalue weighted by Crippen LogP contribution is -2.57. The van der Waals surface area contributed by atoms with E-state index in [1.807, 2.05) is 128 Å². The van der Waals surface area contributed by atoms with Gasteiger partial charge in [0.15, 0.2) is 0 Å². The Labute approximate surface area is 492 Å². The summed E-state index contributed by atoms with van der Waals surface area (Å²) in [5, 5.41) is 24.0. The molecule has 1 fully saturated rings. The number of aliphatic hydroxyl groups is 1. The van der Waals surface area contributed by atoms with Crippen molar-refractivity contribution in [3.8, 4) is 27.4 Å². The summed E-state index contributed by atoms with van der Waals surface area (Å²) in [7, 11) is 13.3. The van der Waals surface area contributed by atoms with Gasteiger partial charge in [-0.1, -0.05) is 75.7 Å². The van der Waals surface area contributed by atoms with Crippen LogP contribution in [0.4, 0.5) is 23.0 Å². The van der Waals surface area contributed by atoms with Crippen molar-refractivity contribution >= 4 is 74.8 Å². The first kappa shape index (κ1) is 62.9. The molecule has 0 radical (unpaired) electrons. The third kappa shape index (κ3) is 17.2. The second kappa shape index (κ2) is 29.0. The predicted octanol–water partition coefficient (Wildman–Crippen LogP) is 7.46. The summed E-state index contributed by atoms with van der Waals surface area (Å²) in [5.74, 6) is -0.480. The molecule has 1 aliphatic heterocycles. The number of aryl methyl sites for hydroxylation is 2. The zero-order valence-corrected chi connectivity index (χ0v) is 50.8. The van der Waals surface area contributed by atoms with E-state index in [4.69, 9.17) is 9.72 Å². The number of methoxy groups -OCH3 is 1. The maximum atomic E-state index is 14.1. The summed E-state index contributed by atoms with van der Waals surface area (Å²) < 4.78 is 7.94. The number of hydrogen-bond acceptors (Lipinski definition) is 15. The van der Waals surface area contributed by atoms with E-state index in [-0.39, 0.29) is 49.6 Å². The Bertz CT molecular complexity index is 3220. The minimum absolute atomic E-state index is 0.00811. The molecule has 3 unspecified atom stereocenters. The summed E-state index contributed by atoms with van der Waals surface area (Å²) in [5.41, 5.74) is 8.78. The van der Waals surface area contributed by atoms with Crippen molar-refractivity contribution in [1.29, 1.82) is 0 Å². The SMILES string of the molecule is COc1cc(N(C)CCN(C)C)c(NC(=O)C=CCN(C)CCN(C)C(=O)CCCCCC(=O)NC(C(=O)N2CC(O)CC2C(=O)NCc2ccc(-c3scnc3C)cc2)C(C)(C)C)cc1Nc1nccc(-c2cn(C)c3ccccc23)n1. The third-order valence-electron chi connectivity index (χ3n) is 14.9. The number of aromatic nitrogens is 4. The largest absolute Gasteiger partial charge is 0.494 e. The molecule has 0 bridgehead atoms. The summed E-state index contributed by atoms with van der Waals surface area (Å²) in [4.78, 5) is 91.8. The summed E-state index contributed by atoms with van der Waals surface area (Å²) in [6.07, 6.45) is 8.54. The van der Waals surface area contributed by atoms with Crippen LogP contribution in [0.5, 0.6) is 5.75 Å². The fourth-order valence-electron chi connectivity index (χ4n) is 9.95. The number of nitrogens with zero attached hydrogens (tertiary/aromatic N) is 9. The number of rotatable bonds is 27. The fraction of sp³-hybridized carbons (Fsp3) is 0.452. The first-order chi connectivity index (χ1) is 39.6. The molecule has 5 N–H and O–H groups in total. The molecular formula is C62H83N13O7S. The molecule has 3 aromatic carbocycles. The van der Waals surface area contributed by atoms with E-state index in [0.29, 0.717) is 74.9 Å². The predicted molar refractivity (Wildman–Crippen MR) is 330 cm³/mol. The highest BCUT2D eigenvalue weighted by atomic mass is 32.1. The van der Waals surface area contributed by atoms with Gasteiger partial charge in [-0.25, -0.2) is 15.0 Å². The van der Waals surface area contributed by atoms with Gasteiger partial charge in [-0.2, -0.15) is 0 Å². The van der Waals surface area contributed by atoms with Gasteiger partial charge in [0.25, 0.3) is 0 Å². The number of aliphatic hydroxyl groups excluding tert-OH is 1. The third-order valence-corrected chi connectivity index (χ3v) is 15.9. The minimum atomic E-state index is -0.928. The monoisotopic (exact) mass is 1150 g/mol. The van der Waals surface area contributed by atoms with Crippen LogP contribution in [-0.4, -0.2) is 174 Å². The lowest BCUT2D eigenvalue weighted by molar-refractivity contribution is -0.144. The minimum Gasteiger partial charge on any atom is -0.494 e.